The molecule has 2 aromatic rings. The molecule has 0 N–H and O–H groups in total. The van der Waals surface area contributed by atoms with Gasteiger partial charge < -0.3 is 9.64 Å². The van der Waals surface area contributed by atoms with Gasteiger partial charge >= 0.3 is 6.18 Å². The number of thiazole rings is 1. The van der Waals surface area contributed by atoms with E-state index in [0.717, 1.165) is 6.07 Å². The van der Waals surface area contributed by atoms with Gasteiger partial charge in [0.2, 0.25) is 0 Å². The van der Waals surface area contributed by atoms with E-state index in [2.05, 4.69) is 4.98 Å². The van der Waals surface area contributed by atoms with Crippen LogP contribution in [-0.2, 0) is 6.18 Å². The number of nitrogens with zero attached hydrogens (tertiary/aromatic N) is 3. The van der Waals surface area contributed by atoms with Crippen molar-refractivity contribution in [2.45, 2.75) is 18.7 Å². The average Bonchev–Trinajstić information content (AvgIpc) is 3.15. The van der Waals surface area contributed by atoms with Crippen LogP contribution in [0.5, 0.6) is 5.75 Å². The van der Waals surface area contributed by atoms with E-state index in [9.17, 15) is 13.2 Å². The predicted octanol–water partition coefficient (Wildman–Crippen LogP) is 3.69. The lowest BCUT2D eigenvalue weighted by Crippen LogP contribution is -2.25. The summed E-state index contributed by atoms with van der Waals surface area (Å²) in [5.74, 6) is -0.149. The Balaban J connectivity index is 1.70. The van der Waals surface area contributed by atoms with Crippen LogP contribution in [0.15, 0.2) is 30.5 Å². The van der Waals surface area contributed by atoms with Crippen molar-refractivity contribution in [3.05, 3.63) is 40.9 Å². The molecule has 3 rings (SSSR count). The number of anilines is 1. The van der Waals surface area contributed by atoms with Crippen molar-refractivity contribution in [2.24, 2.45) is 0 Å². The molecule has 1 aliphatic heterocycles. The first-order valence-electron chi connectivity index (χ1n) is 6.91. The molecule has 1 unspecified atom stereocenters. The van der Waals surface area contributed by atoms with Crippen molar-refractivity contribution in [1.82, 2.24) is 4.98 Å². The second kappa shape index (κ2) is 6.08. The molecule has 1 atom stereocenters. The monoisotopic (exact) mass is 339 g/mol. The van der Waals surface area contributed by atoms with Gasteiger partial charge in [0, 0.05) is 13.0 Å². The highest BCUT2D eigenvalue weighted by molar-refractivity contribution is 7.16. The van der Waals surface area contributed by atoms with Crippen LogP contribution in [0.4, 0.5) is 18.3 Å². The molecule has 23 heavy (non-hydrogen) atoms. The van der Waals surface area contributed by atoms with Crippen molar-refractivity contribution in [1.29, 1.82) is 5.26 Å². The zero-order valence-electron chi connectivity index (χ0n) is 11.9. The second-order valence-electron chi connectivity index (χ2n) is 5.09. The Bertz CT molecular complexity index is 738. The third kappa shape index (κ3) is 3.40. The van der Waals surface area contributed by atoms with Gasteiger partial charge in [-0.2, -0.15) is 18.4 Å². The minimum Gasteiger partial charge on any atom is -0.488 e. The molecule has 8 heteroatoms. The lowest BCUT2D eigenvalue weighted by molar-refractivity contribution is -0.139. The Kier molecular flexibility index (Phi) is 4.13. The second-order valence-corrected chi connectivity index (χ2v) is 6.10. The summed E-state index contributed by atoms with van der Waals surface area (Å²) in [6.07, 6.45) is -2.68. The summed E-state index contributed by atoms with van der Waals surface area (Å²) in [5, 5.41) is 9.51. The number of para-hydroxylation sites is 1. The molecule has 0 aliphatic carbocycles. The van der Waals surface area contributed by atoms with E-state index in [1.165, 1.54) is 35.7 Å². The molecule has 0 spiro atoms. The first-order valence-corrected chi connectivity index (χ1v) is 7.73. The fraction of sp³-hybridized carbons (Fsp3) is 0.333. The van der Waals surface area contributed by atoms with Gasteiger partial charge in [-0.1, -0.05) is 23.5 Å². The summed E-state index contributed by atoms with van der Waals surface area (Å²) in [6.45, 7) is 1.09. The van der Waals surface area contributed by atoms with Gasteiger partial charge in [-0.3, -0.25) is 0 Å². The van der Waals surface area contributed by atoms with Gasteiger partial charge in [0.1, 0.15) is 22.8 Å². The summed E-state index contributed by atoms with van der Waals surface area (Å²) < 4.78 is 44.5. The Morgan fingerprint density at radius 1 is 1.35 bits per heavy atom. The predicted molar refractivity (Wildman–Crippen MR) is 79.5 cm³/mol. The number of alkyl halides is 3. The number of ether oxygens (including phenoxy) is 1. The molecule has 0 amide bonds. The van der Waals surface area contributed by atoms with Crippen LogP contribution in [0.2, 0.25) is 0 Å². The van der Waals surface area contributed by atoms with Crippen LogP contribution in [0.3, 0.4) is 0 Å². The fourth-order valence-electron chi connectivity index (χ4n) is 2.44. The molecule has 1 aliphatic rings. The third-order valence-corrected chi connectivity index (χ3v) is 4.47. The van der Waals surface area contributed by atoms with E-state index in [4.69, 9.17) is 10.00 Å². The Morgan fingerprint density at radius 3 is 2.83 bits per heavy atom. The van der Waals surface area contributed by atoms with Crippen molar-refractivity contribution in [3.8, 4) is 11.8 Å². The third-order valence-electron chi connectivity index (χ3n) is 3.51. The van der Waals surface area contributed by atoms with E-state index in [-0.39, 0.29) is 11.9 Å². The van der Waals surface area contributed by atoms with Gasteiger partial charge in [0.05, 0.1) is 18.3 Å². The normalized spacial score (nSPS) is 18.0. The maximum absolute atomic E-state index is 13.0. The lowest BCUT2D eigenvalue weighted by Gasteiger charge is -2.19. The molecule has 0 bridgehead atoms. The van der Waals surface area contributed by atoms with E-state index in [1.807, 2.05) is 11.0 Å². The molecule has 120 valence electrons. The molecule has 0 saturated carbocycles. The smallest absolute Gasteiger partial charge is 0.419 e. The maximum atomic E-state index is 13.0. The topological polar surface area (TPSA) is 49.2 Å². The SMILES string of the molecule is N#Cc1cnc(N2CCC(Oc3ccccc3C(F)(F)F)C2)s1. The van der Waals surface area contributed by atoms with Gasteiger partial charge in [0.25, 0.3) is 0 Å². The minimum absolute atomic E-state index is 0.149. The highest BCUT2D eigenvalue weighted by Gasteiger charge is 2.35. The van der Waals surface area contributed by atoms with Gasteiger partial charge in [-0.25, -0.2) is 4.98 Å². The Hall–Kier alpha value is -2.27. The van der Waals surface area contributed by atoms with Crippen LogP contribution < -0.4 is 9.64 Å². The van der Waals surface area contributed by atoms with Crippen molar-refractivity contribution in [3.63, 3.8) is 0 Å². The molecule has 1 fully saturated rings. The molecule has 0 radical (unpaired) electrons. The molecule has 1 aromatic carbocycles. The van der Waals surface area contributed by atoms with E-state index in [0.29, 0.717) is 29.5 Å². The number of benzene rings is 1. The summed E-state index contributed by atoms with van der Waals surface area (Å²) in [5.41, 5.74) is -0.764. The number of nitriles is 1. The van der Waals surface area contributed by atoms with Gasteiger partial charge in [-0.15, -0.1) is 0 Å². The zero-order valence-corrected chi connectivity index (χ0v) is 12.7. The van der Waals surface area contributed by atoms with Gasteiger partial charge in [-0.05, 0) is 12.1 Å². The first kappa shape index (κ1) is 15.6. The zero-order chi connectivity index (χ0) is 16.4. The lowest BCUT2D eigenvalue weighted by atomic mass is 10.2. The van der Waals surface area contributed by atoms with E-state index >= 15 is 0 Å². The molecule has 1 aromatic heterocycles. The fourth-order valence-corrected chi connectivity index (χ4v) is 3.19. The number of hydrogen-bond acceptors (Lipinski definition) is 5. The Morgan fingerprint density at radius 2 is 2.13 bits per heavy atom. The average molecular weight is 339 g/mol. The Labute approximate surface area is 134 Å². The highest BCUT2D eigenvalue weighted by Crippen LogP contribution is 2.37. The number of aromatic nitrogens is 1. The van der Waals surface area contributed by atoms with Crippen LogP contribution in [0, 0.1) is 11.3 Å². The van der Waals surface area contributed by atoms with Crippen LogP contribution in [0.25, 0.3) is 0 Å². The van der Waals surface area contributed by atoms with Crippen LogP contribution >= 0.6 is 11.3 Å². The summed E-state index contributed by atoms with van der Waals surface area (Å²) in [6, 6.07) is 7.24. The molecular weight excluding hydrogens is 327 g/mol. The van der Waals surface area contributed by atoms with Crippen molar-refractivity contribution >= 4 is 16.5 Å². The number of hydrogen-bond donors (Lipinski definition) is 0. The minimum atomic E-state index is -4.44. The van der Waals surface area contributed by atoms with Gasteiger partial charge in [0.15, 0.2) is 5.13 Å². The number of halogens is 3. The van der Waals surface area contributed by atoms with Crippen molar-refractivity contribution in [2.75, 3.05) is 18.0 Å². The standard InChI is InChI=1S/C15H12F3N3OS/c16-15(17,18)12-3-1-2-4-13(12)22-10-5-6-21(9-10)14-20-8-11(7-19)23-14/h1-4,8,10H,5-6,9H2. The van der Waals surface area contributed by atoms with E-state index in [1.54, 1.807) is 0 Å². The number of rotatable bonds is 3. The van der Waals surface area contributed by atoms with Crippen LogP contribution in [-0.4, -0.2) is 24.2 Å². The van der Waals surface area contributed by atoms with E-state index < -0.39 is 11.7 Å². The summed E-state index contributed by atoms with van der Waals surface area (Å²) >= 11 is 1.26. The quantitative estimate of drug-likeness (QED) is 0.856. The molecular formula is C15H12F3N3OS. The summed E-state index contributed by atoms with van der Waals surface area (Å²) in [4.78, 5) is 6.58. The highest BCUT2D eigenvalue weighted by atomic mass is 32.1. The molecule has 4 nitrogen and oxygen atoms in total. The molecule has 2 heterocycles. The first-order chi connectivity index (χ1) is 11.0. The largest absolute Gasteiger partial charge is 0.488 e. The molecule has 1 saturated heterocycles. The van der Waals surface area contributed by atoms with Crippen molar-refractivity contribution < 1.29 is 17.9 Å². The maximum Gasteiger partial charge on any atom is 0.419 e. The summed E-state index contributed by atoms with van der Waals surface area (Å²) in [7, 11) is 0. The van der Waals surface area contributed by atoms with Crippen LogP contribution in [0.1, 0.15) is 16.9 Å².